The monoisotopic (exact) mass is 583 g/mol. The molecule has 3 heterocycles. The molecule has 0 radical (unpaired) electrons. The predicted molar refractivity (Wildman–Crippen MR) is 147 cm³/mol. The van der Waals surface area contributed by atoms with Crippen LogP contribution >= 0.6 is 11.8 Å². The van der Waals surface area contributed by atoms with E-state index in [9.17, 15) is 29.1 Å². The van der Waals surface area contributed by atoms with Crippen LogP contribution in [0.1, 0.15) is 33.6 Å². The van der Waals surface area contributed by atoms with Crippen LogP contribution in [0, 0.1) is 0 Å². The molecule has 2 amide bonds. The molecule has 0 aliphatic carbocycles. The SMILES string of the molecule is CCN1CCN(CC)CCN(C(CCC(=O)N[C@@H]2C(=O)N3C(C(=O)O)=C(COC(C)=O)CS[C@H]23)C(=O)OC)CC1. The van der Waals surface area contributed by atoms with Crippen molar-refractivity contribution in [1.82, 2.24) is 24.9 Å². The lowest BCUT2D eigenvalue weighted by atomic mass is 10.0. The second-order valence-electron chi connectivity index (χ2n) is 9.97. The number of carboxylic acids is 1. The van der Waals surface area contributed by atoms with Crippen LogP contribution in [-0.4, -0.2) is 144 Å². The van der Waals surface area contributed by atoms with Gasteiger partial charge in [-0.1, -0.05) is 13.8 Å². The first kappa shape index (κ1) is 31.8. The fraction of sp³-hybridized carbons (Fsp3) is 0.731. The smallest absolute Gasteiger partial charge is 0.352 e. The summed E-state index contributed by atoms with van der Waals surface area (Å²) in [6, 6.07) is -1.48. The zero-order valence-electron chi connectivity index (χ0n) is 23.7. The van der Waals surface area contributed by atoms with E-state index in [1.54, 1.807) is 0 Å². The standard InChI is InChI=1S/C26H41N5O8S/c1-5-28-9-10-29(6-2)12-14-30(13-11-28)19(26(37)38-4)7-8-20(33)27-21-23(34)31-22(25(35)36)18(15-39-17(3)32)16-40-24(21)31/h19,21,24H,5-16H2,1-4H3,(H,27,33)(H,35,36)/t19?,21-,24-/m1/s1. The molecule has 13 nitrogen and oxygen atoms in total. The topological polar surface area (TPSA) is 149 Å². The van der Waals surface area contributed by atoms with Gasteiger partial charge in [-0.3, -0.25) is 29.0 Å². The minimum absolute atomic E-state index is 0.00570. The zero-order chi connectivity index (χ0) is 29.4. The van der Waals surface area contributed by atoms with Crippen molar-refractivity contribution < 1.29 is 38.6 Å². The van der Waals surface area contributed by atoms with E-state index in [-0.39, 0.29) is 30.9 Å². The lowest BCUT2D eigenvalue weighted by Crippen LogP contribution is -2.70. The maximum atomic E-state index is 12.9. The van der Waals surface area contributed by atoms with Crippen LogP contribution in [0.3, 0.4) is 0 Å². The third-order valence-electron chi connectivity index (χ3n) is 7.61. The van der Waals surface area contributed by atoms with Crippen molar-refractivity contribution in [2.45, 2.75) is 51.1 Å². The van der Waals surface area contributed by atoms with Crippen molar-refractivity contribution in [3.63, 3.8) is 0 Å². The van der Waals surface area contributed by atoms with Gasteiger partial charge in [0.05, 0.1) is 7.11 Å². The maximum absolute atomic E-state index is 12.9. The third kappa shape index (κ3) is 7.74. The van der Waals surface area contributed by atoms with Gasteiger partial charge < -0.3 is 29.7 Å². The Hall–Kier alpha value is -2.68. The number of nitrogens with one attached hydrogen (secondary N) is 1. The molecule has 0 aromatic rings. The molecule has 14 heteroatoms. The number of nitrogens with zero attached hydrogens (tertiary/aromatic N) is 4. The van der Waals surface area contributed by atoms with Gasteiger partial charge in [0, 0.05) is 63.9 Å². The average Bonchev–Trinajstić information content (AvgIpc) is 3.04. The molecule has 0 saturated carbocycles. The summed E-state index contributed by atoms with van der Waals surface area (Å²) in [5.74, 6) is -2.92. The summed E-state index contributed by atoms with van der Waals surface area (Å²) in [5, 5.41) is 11.9. The van der Waals surface area contributed by atoms with E-state index in [4.69, 9.17) is 9.47 Å². The van der Waals surface area contributed by atoms with Crippen LogP contribution in [0.25, 0.3) is 0 Å². The number of hydrogen-bond donors (Lipinski definition) is 2. The second-order valence-corrected chi connectivity index (χ2v) is 11.1. The largest absolute Gasteiger partial charge is 0.477 e. The number of ether oxygens (including phenoxy) is 2. The quantitative estimate of drug-likeness (QED) is 0.240. The van der Waals surface area contributed by atoms with Crippen molar-refractivity contribution in [3.8, 4) is 0 Å². The van der Waals surface area contributed by atoms with Gasteiger partial charge in [-0.05, 0) is 19.5 Å². The first-order valence-electron chi connectivity index (χ1n) is 13.7. The minimum Gasteiger partial charge on any atom is -0.477 e. The second kappa shape index (κ2) is 14.8. The number of thioether (sulfide) groups is 1. The highest BCUT2D eigenvalue weighted by molar-refractivity contribution is 8.00. The Balaban J connectivity index is 1.63. The molecule has 0 aromatic heterocycles. The summed E-state index contributed by atoms with van der Waals surface area (Å²) in [6.07, 6.45) is 0.234. The first-order valence-corrected chi connectivity index (χ1v) is 14.7. The molecule has 3 aliphatic heterocycles. The number of β-lactam (4-membered cyclic amide) rings is 1. The fourth-order valence-corrected chi connectivity index (χ4v) is 6.51. The van der Waals surface area contributed by atoms with E-state index in [0.29, 0.717) is 18.7 Å². The van der Waals surface area contributed by atoms with Crippen LogP contribution in [0.15, 0.2) is 11.3 Å². The third-order valence-corrected chi connectivity index (χ3v) is 8.95. The Labute approximate surface area is 239 Å². The van der Waals surface area contributed by atoms with Crippen molar-refractivity contribution in [1.29, 1.82) is 0 Å². The Kier molecular flexibility index (Phi) is 11.8. The summed E-state index contributed by atoms with van der Waals surface area (Å²) in [6.45, 7) is 11.9. The number of hydrogen-bond acceptors (Lipinski definition) is 11. The zero-order valence-corrected chi connectivity index (χ0v) is 24.5. The van der Waals surface area contributed by atoms with Gasteiger partial charge in [-0.15, -0.1) is 11.8 Å². The van der Waals surface area contributed by atoms with Gasteiger partial charge in [0.2, 0.25) is 5.91 Å². The van der Waals surface area contributed by atoms with Crippen LogP contribution in [0.5, 0.6) is 0 Å². The van der Waals surface area contributed by atoms with Crippen molar-refractivity contribution in [2.24, 2.45) is 0 Å². The van der Waals surface area contributed by atoms with Gasteiger partial charge >= 0.3 is 17.9 Å². The number of likely N-dealkylation sites (N-methyl/N-ethyl adjacent to an activating group) is 2. The molecular formula is C26H41N5O8S. The summed E-state index contributed by atoms with van der Waals surface area (Å²) >= 11 is 1.30. The molecule has 0 aromatic carbocycles. The number of rotatable bonds is 11. The normalized spacial score (nSPS) is 23.7. The average molecular weight is 584 g/mol. The Bertz CT molecular complexity index is 992. The molecule has 3 aliphatic rings. The lowest BCUT2D eigenvalue weighted by Gasteiger charge is -2.49. The van der Waals surface area contributed by atoms with E-state index in [0.717, 1.165) is 44.2 Å². The lowest BCUT2D eigenvalue weighted by molar-refractivity contribution is -0.151. The molecular weight excluding hydrogens is 542 g/mol. The summed E-state index contributed by atoms with van der Waals surface area (Å²) < 4.78 is 10.0. The van der Waals surface area contributed by atoms with E-state index in [1.165, 1.54) is 25.8 Å². The number of esters is 2. The van der Waals surface area contributed by atoms with Crippen LogP contribution < -0.4 is 5.32 Å². The number of methoxy groups -OCH3 is 1. The molecule has 40 heavy (non-hydrogen) atoms. The van der Waals surface area contributed by atoms with Gasteiger partial charge in [0.15, 0.2) is 0 Å². The molecule has 1 unspecified atom stereocenters. The van der Waals surface area contributed by atoms with Crippen molar-refractivity contribution >= 4 is 41.5 Å². The van der Waals surface area contributed by atoms with Gasteiger partial charge in [0.25, 0.3) is 5.91 Å². The molecule has 3 rings (SSSR count). The molecule has 2 saturated heterocycles. The van der Waals surface area contributed by atoms with Crippen molar-refractivity contribution in [2.75, 3.05) is 71.8 Å². The molecule has 3 atom stereocenters. The summed E-state index contributed by atoms with van der Waals surface area (Å²) in [7, 11) is 1.34. The predicted octanol–water partition coefficient (Wildman–Crippen LogP) is -0.431. The Morgan fingerprint density at radius 1 is 1.05 bits per heavy atom. The highest BCUT2D eigenvalue weighted by Crippen LogP contribution is 2.40. The first-order chi connectivity index (χ1) is 19.1. The number of amides is 2. The van der Waals surface area contributed by atoms with E-state index in [2.05, 4.69) is 33.9 Å². The Morgan fingerprint density at radius 2 is 1.65 bits per heavy atom. The summed E-state index contributed by atoms with van der Waals surface area (Å²) in [4.78, 5) is 69.6. The van der Waals surface area contributed by atoms with E-state index in [1.807, 2.05) is 0 Å². The number of carbonyl (C=O) groups excluding carboxylic acids is 4. The number of fused-ring (bicyclic) bond motifs is 1. The summed E-state index contributed by atoms with van der Waals surface area (Å²) in [5.41, 5.74) is 0.122. The van der Waals surface area contributed by atoms with E-state index < -0.39 is 47.2 Å². The molecule has 224 valence electrons. The molecule has 2 N–H and O–H groups in total. The Morgan fingerprint density at radius 3 is 2.17 bits per heavy atom. The number of carbonyl (C=O) groups is 5. The fourth-order valence-electron chi connectivity index (χ4n) is 5.18. The number of aliphatic carboxylic acids is 1. The van der Waals surface area contributed by atoms with Crippen LogP contribution in [0.4, 0.5) is 0 Å². The molecule has 0 spiro atoms. The highest BCUT2D eigenvalue weighted by Gasteiger charge is 2.54. The van der Waals surface area contributed by atoms with Gasteiger partial charge in [0.1, 0.15) is 29.8 Å². The van der Waals surface area contributed by atoms with Gasteiger partial charge in [-0.2, -0.15) is 0 Å². The minimum atomic E-state index is -1.29. The van der Waals surface area contributed by atoms with Crippen LogP contribution in [-0.2, 0) is 33.4 Å². The molecule has 2 fully saturated rings. The van der Waals surface area contributed by atoms with E-state index >= 15 is 0 Å². The highest BCUT2D eigenvalue weighted by atomic mass is 32.2. The van der Waals surface area contributed by atoms with Crippen LogP contribution in [0.2, 0.25) is 0 Å². The molecule has 0 bridgehead atoms. The number of carboxylic acid groups (broad SMARTS) is 1. The maximum Gasteiger partial charge on any atom is 0.352 e. The van der Waals surface area contributed by atoms with Gasteiger partial charge in [-0.25, -0.2) is 4.79 Å². The van der Waals surface area contributed by atoms with Crippen molar-refractivity contribution in [3.05, 3.63) is 11.3 Å².